The average molecular weight is 292 g/mol. The second-order valence-corrected chi connectivity index (χ2v) is 7.03. The van der Waals surface area contributed by atoms with Gasteiger partial charge in [-0.05, 0) is 44.4 Å². The number of hydrogen-bond acceptors (Lipinski definition) is 2. The van der Waals surface area contributed by atoms with Crippen LogP contribution in [0.15, 0.2) is 0 Å². The summed E-state index contributed by atoms with van der Waals surface area (Å²) in [6, 6.07) is 0.0316. The van der Waals surface area contributed by atoms with Gasteiger partial charge in [0.2, 0.25) is 11.8 Å². The number of amides is 2. The number of rotatable bonds is 4. The van der Waals surface area contributed by atoms with Crippen molar-refractivity contribution in [2.45, 2.75) is 89.3 Å². The zero-order valence-electron chi connectivity index (χ0n) is 13.4. The summed E-state index contributed by atoms with van der Waals surface area (Å²) in [5.41, 5.74) is -0.607. The van der Waals surface area contributed by atoms with Crippen molar-refractivity contribution in [1.82, 2.24) is 10.2 Å². The molecule has 2 aliphatic carbocycles. The van der Waals surface area contributed by atoms with E-state index in [1.165, 1.54) is 19.3 Å². The molecule has 1 atom stereocenters. The maximum Gasteiger partial charge on any atom is 0.246 e. The number of carbonyl (C=O) groups is 2. The molecule has 3 fully saturated rings. The first-order valence-electron chi connectivity index (χ1n) is 8.78. The molecule has 0 aromatic heterocycles. The van der Waals surface area contributed by atoms with Crippen LogP contribution in [0.5, 0.6) is 0 Å². The van der Waals surface area contributed by atoms with E-state index < -0.39 is 5.54 Å². The van der Waals surface area contributed by atoms with E-state index in [9.17, 15) is 9.59 Å². The lowest BCUT2D eigenvalue weighted by molar-refractivity contribution is -0.163. The van der Waals surface area contributed by atoms with Gasteiger partial charge in [-0.15, -0.1) is 0 Å². The van der Waals surface area contributed by atoms with Crippen LogP contribution in [-0.2, 0) is 9.59 Å². The van der Waals surface area contributed by atoms with Crippen LogP contribution in [0.4, 0.5) is 0 Å². The number of nitrogens with one attached hydrogen (secondary N) is 1. The molecule has 4 nitrogen and oxygen atoms in total. The molecule has 2 saturated carbocycles. The predicted octanol–water partition coefficient (Wildman–Crippen LogP) is 2.61. The Morgan fingerprint density at radius 2 is 1.67 bits per heavy atom. The number of carbonyl (C=O) groups excluding carboxylic acids is 2. The van der Waals surface area contributed by atoms with Gasteiger partial charge in [0.25, 0.3) is 0 Å². The zero-order valence-corrected chi connectivity index (χ0v) is 13.4. The van der Waals surface area contributed by atoms with E-state index in [1.807, 2.05) is 18.7 Å². The van der Waals surface area contributed by atoms with E-state index in [4.69, 9.17) is 0 Å². The molecule has 3 rings (SSSR count). The van der Waals surface area contributed by atoms with Crippen LogP contribution >= 0.6 is 0 Å². The Morgan fingerprint density at radius 3 is 2.19 bits per heavy atom. The van der Waals surface area contributed by atoms with Crippen LogP contribution in [0.25, 0.3) is 0 Å². The quantitative estimate of drug-likeness (QED) is 0.866. The highest BCUT2D eigenvalue weighted by Crippen LogP contribution is 2.41. The minimum atomic E-state index is -0.607. The lowest BCUT2D eigenvalue weighted by Gasteiger charge is -2.52. The van der Waals surface area contributed by atoms with E-state index in [0.29, 0.717) is 5.92 Å². The highest BCUT2D eigenvalue weighted by Gasteiger charge is 2.55. The summed E-state index contributed by atoms with van der Waals surface area (Å²) in [5.74, 6) is 0.682. The Balaban J connectivity index is 1.93. The Kier molecular flexibility index (Phi) is 3.98. The Hall–Kier alpha value is -1.06. The first-order valence-corrected chi connectivity index (χ1v) is 8.78. The first kappa shape index (κ1) is 14.9. The molecule has 1 heterocycles. The number of nitrogens with zero attached hydrogens (tertiary/aromatic N) is 1. The smallest absolute Gasteiger partial charge is 0.246 e. The van der Waals surface area contributed by atoms with E-state index >= 15 is 0 Å². The average Bonchev–Trinajstić information content (AvgIpc) is 3.34. The van der Waals surface area contributed by atoms with Gasteiger partial charge in [0, 0.05) is 6.04 Å². The molecule has 1 N–H and O–H groups in total. The molecule has 4 heteroatoms. The summed E-state index contributed by atoms with van der Waals surface area (Å²) in [5, 5.41) is 3.06. The second kappa shape index (κ2) is 5.62. The van der Waals surface area contributed by atoms with Crippen molar-refractivity contribution < 1.29 is 9.59 Å². The number of piperazine rings is 1. The summed E-state index contributed by atoms with van der Waals surface area (Å²) in [7, 11) is 0. The predicted molar refractivity (Wildman–Crippen MR) is 81.7 cm³/mol. The van der Waals surface area contributed by atoms with E-state index in [-0.39, 0.29) is 23.9 Å². The molecule has 1 unspecified atom stereocenters. The summed E-state index contributed by atoms with van der Waals surface area (Å²) in [6.07, 6.45) is 9.38. The SMILES string of the molecule is CCC1(CC)C(=O)NC(C2CC2)C(=O)N1C1CCCCC1. The molecule has 118 valence electrons. The lowest BCUT2D eigenvalue weighted by atomic mass is 9.81. The summed E-state index contributed by atoms with van der Waals surface area (Å²) in [6.45, 7) is 4.09. The zero-order chi connectivity index (χ0) is 15.0. The van der Waals surface area contributed by atoms with Crippen molar-refractivity contribution in [3.05, 3.63) is 0 Å². The van der Waals surface area contributed by atoms with Gasteiger partial charge >= 0.3 is 0 Å². The van der Waals surface area contributed by atoms with E-state index in [1.54, 1.807) is 0 Å². The maximum absolute atomic E-state index is 13.1. The fourth-order valence-electron chi connectivity index (χ4n) is 4.34. The molecule has 2 amide bonds. The first-order chi connectivity index (χ1) is 10.1. The van der Waals surface area contributed by atoms with Crippen LogP contribution in [0.1, 0.15) is 71.6 Å². The van der Waals surface area contributed by atoms with Gasteiger partial charge in [-0.1, -0.05) is 33.1 Å². The van der Waals surface area contributed by atoms with Crippen LogP contribution in [0.3, 0.4) is 0 Å². The summed E-state index contributed by atoms with van der Waals surface area (Å²) >= 11 is 0. The Bertz CT molecular complexity index is 421. The highest BCUT2D eigenvalue weighted by molar-refractivity contribution is 6.00. The van der Waals surface area contributed by atoms with Gasteiger partial charge in [-0.3, -0.25) is 9.59 Å². The molecule has 21 heavy (non-hydrogen) atoms. The van der Waals surface area contributed by atoms with Crippen LogP contribution < -0.4 is 5.32 Å². The Labute approximate surface area is 127 Å². The molecule has 0 aromatic rings. The van der Waals surface area contributed by atoms with Gasteiger partial charge in [0.1, 0.15) is 11.6 Å². The van der Waals surface area contributed by atoms with E-state index in [0.717, 1.165) is 38.5 Å². The van der Waals surface area contributed by atoms with Gasteiger partial charge in [0.15, 0.2) is 0 Å². The Morgan fingerprint density at radius 1 is 1.05 bits per heavy atom. The van der Waals surface area contributed by atoms with Crippen molar-refractivity contribution >= 4 is 11.8 Å². The normalized spacial score (nSPS) is 30.4. The number of hydrogen-bond donors (Lipinski definition) is 1. The van der Waals surface area contributed by atoms with E-state index in [2.05, 4.69) is 5.32 Å². The summed E-state index contributed by atoms with van der Waals surface area (Å²) in [4.78, 5) is 27.9. The van der Waals surface area contributed by atoms with Crippen molar-refractivity contribution in [1.29, 1.82) is 0 Å². The van der Waals surface area contributed by atoms with Crippen LogP contribution in [0.2, 0.25) is 0 Å². The third-order valence-corrected chi connectivity index (χ3v) is 5.88. The molecule has 3 aliphatic rings. The molecule has 0 aromatic carbocycles. The standard InChI is InChI=1S/C17H28N2O2/c1-3-17(4-2)16(21)18-14(12-10-11-12)15(20)19(17)13-8-6-5-7-9-13/h12-14H,3-11H2,1-2H3,(H,18,21). The van der Waals surface area contributed by atoms with Gasteiger partial charge in [-0.25, -0.2) is 0 Å². The monoisotopic (exact) mass is 292 g/mol. The second-order valence-electron chi connectivity index (χ2n) is 7.03. The highest BCUT2D eigenvalue weighted by atomic mass is 16.2. The van der Waals surface area contributed by atoms with Crippen molar-refractivity contribution in [2.75, 3.05) is 0 Å². The summed E-state index contributed by atoms with van der Waals surface area (Å²) < 4.78 is 0. The molecular formula is C17H28N2O2. The van der Waals surface area contributed by atoms with Crippen LogP contribution in [-0.4, -0.2) is 34.3 Å². The molecule has 1 aliphatic heterocycles. The van der Waals surface area contributed by atoms with Gasteiger partial charge < -0.3 is 10.2 Å². The molecule has 1 saturated heterocycles. The molecule has 0 bridgehead atoms. The largest absolute Gasteiger partial charge is 0.342 e. The van der Waals surface area contributed by atoms with Gasteiger partial charge in [-0.2, -0.15) is 0 Å². The maximum atomic E-state index is 13.1. The molecule has 0 spiro atoms. The molecule has 0 radical (unpaired) electrons. The van der Waals surface area contributed by atoms with Gasteiger partial charge in [0.05, 0.1) is 0 Å². The van der Waals surface area contributed by atoms with Crippen LogP contribution in [0, 0.1) is 5.92 Å². The van der Waals surface area contributed by atoms with Crippen molar-refractivity contribution in [2.24, 2.45) is 5.92 Å². The topological polar surface area (TPSA) is 49.4 Å². The van der Waals surface area contributed by atoms with Crippen molar-refractivity contribution in [3.8, 4) is 0 Å². The third-order valence-electron chi connectivity index (χ3n) is 5.88. The fourth-order valence-corrected chi connectivity index (χ4v) is 4.34. The minimum absolute atomic E-state index is 0.0922. The fraction of sp³-hybridized carbons (Fsp3) is 0.882. The third kappa shape index (κ3) is 2.36. The lowest BCUT2D eigenvalue weighted by Crippen LogP contribution is -2.73. The van der Waals surface area contributed by atoms with Crippen molar-refractivity contribution in [3.63, 3.8) is 0 Å². The molecular weight excluding hydrogens is 264 g/mol. The minimum Gasteiger partial charge on any atom is -0.342 e.